The summed E-state index contributed by atoms with van der Waals surface area (Å²) >= 11 is 0. The summed E-state index contributed by atoms with van der Waals surface area (Å²) in [6.07, 6.45) is -4.55. The minimum Gasteiger partial charge on any atom is -0.352 e. The van der Waals surface area contributed by atoms with Crippen LogP contribution in [-0.2, 0) is 22.6 Å². The number of hydrogen-bond donors (Lipinski definition) is 1. The van der Waals surface area contributed by atoms with Crippen LogP contribution in [0.25, 0.3) is 0 Å². The van der Waals surface area contributed by atoms with Crippen LogP contribution in [0.2, 0.25) is 0 Å². The highest BCUT2D eigenvalue weighted by Crippen LogP contribution is 2.33. The molecule has 0 fully saturated rings. The minimum atomic E-state index is -4.50. The molecule has 0 unspecified atom stereocenters. The van der Waals surface area contributed by atoms with Crippen LogP contribution >= 0.6 is 0 Å². The Labute approximate surface area is 171 Å². The predicted octanol–water partition coefficient (Wildman–Crippen LogP) is 3.23. The fraction of sp³-hybridized carbons (Fsp3) is 0.300. The van der Waals surface area contributed by atoms with E-state index < -0.39 is 39.6 Å². The van der Waals surface area contributed by atoms with Crippen molar-refractivity contribution in [2.24, 2.45) is 0 Å². The third-order valence-electron chi connectivity index (χ3n) is 4.68. The second kappa shape index (κ2) is 7.75. The fourth-order valence-electron chi connectivity index (χ4n) is 3.33. The van der Waals surface area contributed by atoms with E-state index in [1.807, 2.05) is 0 Å². The number of alkyl halides is 3. The van der Waals surface area contributed by atoms with Gasteiger partial charge in [0.15, 0.2) is 0 Å². The maximum Gasteiger partial charge on any atom is 0.416 e. The molecule has 0 radical (unpaired) electrons. The van der Waals surface area contributed by atoms with Gasteiger partial charge in [-0.25, -0.2) is 12.7 Å². The van der Waals surface area contributed by atoms with Crippen LogP contribution in [0.5, 0.6) is 0 Å². The molecule has 1 N–H and O–H groups in total. The molecule has 1 aliphatic rings. The van der Waals surface area contributed by atoms with E-state index in [1.165, 1.54) is 30.3 Å². The summed E-state index contributed by atoms with van der Waals surface area (Å²) in [5.41, 5.74) is -0.741. The van der Waals surface area contributed by atoms with E-state index in [9.17, 15) is 31.2 Å². The van der Waals surface area contributed by atoms with E-state index in [0.29, 0.717) is 0 Å². The molecule has 6 nitrogen and oxygen atoms in total. The number of carbonyl (C=O) groups is 2. The van der Waals surface area contributed by atoms with Crippen LogP contribution in [0.15, 0.2) is 47.4 Å². The highest BCUT2D eigenvalue weighted by Gasteiger charge is 2.43. The molecule has 1 aliphatic heterocycles. The van der Waals surface area contributed by atoms with Crippen molar-refractivity contribution in [3.8, 4) is 0 Å². The zero-order valence-electron chi connectivity index (χ0n) is 16.2. The SMILES string of the molecule is CC(C)N1C(=O)c2ccc(C(=O)NCCc3ccccc3C(F)(F)F)cc2S1(=O)=O. The maximum absolute atomic E-state index is 13.0. The van der Waals surface area contributed by atoms with Gasteiger partial charge in [0.2, 0.25) is 0 Å². The Bertz CT molecular complexity index is 1110. The lowest BCUT2D eigenvalue weighted by atomic mass is 10.0. The number of benzene rings is 2. The Hall–Kier alpha value is -2.88. The highest BCUT2D eigenvalue weighted by atomic mass is 32.2. The molecule has 10 heteroatoms. The number of hydrogen-bond acceptors (Lipinski definition) is 4. The van der Waals surface area contributed by atoms with E-state index in [4.69, 9.17) is 0 Å². The average molecular weight is 440 g/mol. The number of fused-ring (bicyclic) bond motifs is 1. The molecule has 0 aromatic heterocycles. The van der Waals surface area contributed by atoms with Crippen molar-refractivity contribution in [3.05, 3.63) is 64.7 Å². The lowest BCUT2D eigenvalue weighted by molar-refractivity contribution is -0.138. The molecule has 0 saturated heterocycles. The zero-order valence-corrected chi connectivity index (χ0v) is 17.0. The van der Waals surface area contributed by atoms with Gasteiger partial charge in [-0.2, -0.15) is 13.2 Å². The van der Waals surface area contributed by atoms with Crippen LogP contribution in [0.4, 0.5) is 13.2 Å². The third kappa shape index (κ3) is 3.91. The molecule has 0 spiro atoms. The fourth-order valence-corrected chi connectivity index (χ4v) is 5.12. The molecule has 0 aliphatic carbocycles. The zero-order chi connectivity index (χ0) is 22.3. The quantitative estimate of drug-likeness (QED) is 0.774. The number of rotatable bonds is 5. The maximum atomic E-state index is 13.0. The smallest absolute Gasteiger partial charge is 0.352 e. The summed E-state index contributed by atoms with van der Waals surface area (Å²) < 4.78 is 65.1. The number of amides is 2. The molecule has 0 bridgehead atoms. The normalized spacial score (nSPS) is 15.4. The second-order valence-corrected chi connectivity index (χ2v) is 8.85. The highest BCUT2D eigenvalue weighted by molar-refractivity contribution is 7.90. The Kier molecular flexibility index (Phi) is 5.64. The van der Waals surface area contributed by atoms with E-state index >= 15 is 0 Å². The molecule has 1 heterocycles. The minimum absolute atomic E-state index is 0.000150. The number of nitrogens with zero attached hydrogens (tertiary/aromatic N) is 1. The van der Waals surface area contributed by atoms with E-state index in [-0.39, 0.29) is 34.6 Å². The van der Waals surface area contributed by atoms with Gasteiger partial charge in [0, 0.05) is 18.2 Å². The first kappa shape index (κ1) is 21.8. The van der Waals surface area contributed by atoms with Gasteiger partial charge in [-0.1, -0.05) is 18.2 Å². The average Bonchev–Trinajstić information content (AvgIpc) is 2.86. The van der Waals surface area contributed by atoms with Gasteiger partial charge in [0.1, 0.15) is 4.90 Å². The molecule has 30 heavy (non-hydrogen) atoms. The van der Waals surface area contributed by atoms with Crippen molar-refractivity contribution in [1.29, 1.82) is 0 Å². The Morgan fingerprint density at radius 2 is 1.80 bits per heavy atom. The first-order valence-electron chi connectivity index (χ1n) is 9.10. The number of carbonyl (C=O) groups excluding carboxylic acids is 2. The molecule has 2 aromatic carbocycles. The largest absolute Gasteiger partial charge is 0.416 e. The Balaban J connectivity index is 1.75. The first-order chi connectivity index (χ1) is 13.9. The van der Waals surface area contributed by atoms with Gasteiger partial charge >= 0.3 is 6.18 Å². The van der Waals surface area contributed by atoms with Crippen molar-refractivity contribution in [2.75, 3.05) is 6.54 Å². The van der Waals surface area contributed by atoms with E-state index in [1.54, 1.807) is 13.8 Å². The molecule has 160 valence electrons. The predicted molar refractivity (Wildman–Crippen MR) is 102 cm³/mol. The molecular weight excluding hydrogens is 421 g/mol. The van der Waals surface area contributed by atoms with Crippen molar-refractivity contribution in [1.82, 2.24) is 9.62 Å². The standard InChI is InChI=1S/C20H19F3N2O4S/c1-12(2)25-19(27)15-8-7-14(11-17(15)30(25,28)29)18(26)24-10-9-13-5-3-4-6-16(13)20(21,22)23/h3-8,11-12H,9-10H2,1-2H3,(H,24,26). The van der Waals surface area contributed by atoms with Crippen LogP contribution in [0, 0.1) is 0 Å². The first-order valence-corrected chi connectivity index (χ1v) is 10.5. The summed E-state index contributed by atoms with van der Waals surface area (Å²) in [6, 6.07) is 8.20. The number of halogens is 3. The summed E-state index contributed by atoms with van der Waals surface area (Å²) in [6.45, 7) is 3.05. The van der Waals surface area contributed by atoms with Gasteiger partial charge in [0.25, 0.3) is 21.8 Å². The van der Waals surface area contributed by atoms with Crippen molar-refractivity contribution in [3.63, 3.8) is 0 Å². The lowest BCUT2D eigenvalue weighted by Crippen LogP contribution is -2.36. The number of sulfonamides is 1. The van der Waals surface area contributed by atoms with Crippen molar-refractivity contribution < 1.29 is 31.2 Å². The van der Waals surface area contributed by atoms with E-state index in [0.717, 1.165) is 16.4 Å². The molecule has 0 atom stereocenters. The third-order valence-corrected chi connectivity index (χ3v) is 6.68. The molecule has 2 amide bonds. The van der Waals surface area contributed by atoms with Gasteiger partial charge in [0.05, 0.1) is 11.1 Å². The van der Waals surface area contributed by atoms with Gasteiger partial charge in [-0.3, -0.25) is 9.59 Å². The summed E-state index contributed by atoms with van der Waals surface area (Å²) in [5.74, 6) is -1.30. The van der Waals surface area contributed by atoms with Gasteiger partial charge < -0.3 is 5.32 Å². The van der Waals surface area contributed by atoms with Gasteiger partial charge in [-0.05, 0) is 50.1 Å². The van der Waals surface area contributed by atoms with Crippen molar-refractivity contribution >= 4 is 21.8 Å². The van der Waals surface area contributed by atoms with Crippen molar-refractivity contribution in [2.45, 2.75) is 37.4 Å². The van der Waals surface area contributed by atoms with Crippen LogP contribution in [0.3, 0.4) is 0 Å². The van der Waals surface area contributed by atoms with Crippen LogP contribution in [0.1, 0.15) is 45.7 Å². The topological polar surface area (TPSA) is 83.6 Å². The lowest BCUT2D eigenvalue weighted by Gasteiger charge is -2.18. The Morgan fingerprint density at radius 3 is 2.43 bits per heavy atom. The molecule has 2 aromatic rings. The molecular formula is C20H19F3N2O4S. The number of nitrogens with one attached hydrogen (secondary N) is 1. The van der Waals surface area contributed by atoms with E-state index in [2.05, 4.69) is 5.32 Å². The molecule has 0 saturated carbocycles. The van der Waals surface area contributed by atoms with Crippen LogP contribution in [-0.4, -0.2) is 37.1 Å². The molecule has 3 rings (SSSR count). The monoisotopic (exact) mass is 440 g/mol. The Morgan fingerprint density at radius 1 is 1.13 bits per heavy atom. The summed E-state index contributed by atoms with van der Waals surface area (Å²) in [7, 11) is -4.06. The summed E-state index contributed by atoms with van der Waals surface area (Å²) in [5, 5.41) is 2.49. The van der Waals surface area contributed by atoms with Gasteiger partial charge in [-0.15, -0.1) is 0 Å². The van der Waals surface area contributed by atoms with Crippen LogP contribution < -0.4 is 5.32 Å². The second-order valence-electron chi connectivity index (χ2n) is 7.07. The summed E-state index contributed by atoms with van der Waals surface area (Å²) in [4.78, 5) is 24.5.